The van der Waals surface area contributed by atoms with Gasteiger partial charge in [0.15, 0.2) is 9.84 Å². The average molecular weight is 629 g/mol. The van der Waals surface area contributed by atoms with E-state index in [1.807, 2.05) is 56.3 Å². The predicted octanol–water partition coefficient (Wildman–Crippen LogP) is 4.15. The van der Waals surface area contributed by atoms with Gasteiger partial charge in [-0.05, 0) is 61.5 Å². The van der Waals surface area contributed by atoms with Gasteiger partial charge < -0.3 is 20.5 Å². The van der Waals surface area contributed by atoms with Gasteiger partial charge in [-0.3, -0.25) is 15.2 Å². The average Bonchev–Trinajstić information content (AvgIpc) is 2.97. The number of rotatable bonds is 14. The lowest BCUT2D eigenvalue weighted by Crippen LogP contribution is -2.39. The van der Waals surface area contributed by atoms with Crippen LogP contribution in [0.4, 0.5) is 16.2 Å². The van der Waals surface area contributed by atoms with E-state index in [2.05, 4.69) is 51.7 Å². The summed E-state index contributed by atoms with van der Waals surface area (Å²) in [6.07, 6.45) is 1.85. The van der Waals surface area contributed by atoms with Gasteiger partial charge in [0.25, 0.3) is 0 Å². The van der Waals surface area contributed by atoms with Crippen molar-refractivity contribution in [2.75, 3.05) is 68.2 Å². The van der Waals surface area contributed by atoms with Crippen molar-refractivity contribution in [1.29, 1.82) is 0 Å². The van der Waals surface area contributed by atoms with Gasteiger partial charge in [0.2, 0.25) is 0 Å². The first-order valence-electron chi connectivity index (χ1n) is 15.0. The molecule has 242 valence electrons. The van der Waals surface area contributed by atoms with Gasteiger partial charge >= 0.3 is 6.03 Å². The molecule has 0 radical (unpaired) electrons. The van der Waals surface area contributed by atoms with Crippen LogP contribution in [-0.2, 0) is 16.4 Å². The van der Waals surface area contributed by atoms with Gasteiger partial charge in [0.1, 0.15) is 12.4 Å². The van der Waals surface area contributed by atoms with Crippen LogP contribution in [-0.4, -0.2) is 92.5 Å². The fourth-order valence-electron chi connectivity index (χ4n) is 4.47. The molecule has 11 nitrogen and oxygen atoms in total. The van der Waals surface area contributed by atoms with Crippen molar-refractivity contribution < 1.29 is 23.1 Å². The number of hydrogen-bond donors (Lipinski definition) is 4. The minimum Gasteiger partial charge on any atom is -0.492 e. The summed E-state index contributed by atoms with van der Waals surface area (Å²) in [4.78, 5) is 16.9. The summed E-state index contributed by atoms with van der Waals surface area (Å²) in [5.74, 6) is 1.14. The van der Waals surface area contributed by atoms with Gasteiger partial charge in [-0.15, -0.1) is 0 Å². The molecule has 1 aliphatic heterocycles. The lowest BCUT2D eigenvalue weighted by molar-refractivity contribution is 0.174. The van der Waals surface area contributed by atoms with E-state index < -0.39 is 9.84 Å². The molecule has 0 aliphatic carbocycles. The van der Waals surface area contributed by atoms with Gasteiger partial charge in [-0.25, -0.2) is 13.2 Å². The molecule has 0 spiro atoms. The molecule has 0 saturated carbocycles. The summed E-state index contributed by atoms with van der Waals surface area (Å²) in [5.41, 5.74) is 6.81. The topological polar surface area (TPSA) is 136 Å². The maximum Gasteiger partial charge on any atom is 0.323 e. The fourth-order valence-corrected chi connectivity index (χ4v) is 5.75. The highest BCUT2D eigenvalue weighted by atomic mass is 32.2. The Morgan fingerprint density at radius 2 is 1.68 bits per heavy atom. The second-order valence-electron chi connectivity index (χ2n) is 11.9. The first-order valence-corrected chi connectivity index (χ1v) is 16.9. The molecule has 12 heteroatoms. The molecule has 1 fully saturated rings. The maximum atomic E-state index is 12.7. The maximum absolute atomic E-state index is 12.7. The van der Waals surface area contributed by atoms with Crippen LogP contribution in [0.3, 0.4) is 0 Å². The summed E-state index contributed by atoms with van der Waals surface area (Å²) < 4.78 is 29.1. The number of nitrogens with one attached hydrogen (secondary N) is 3. The molecule has 1 saturated heterocycles. The highest BCUT2D eigenvalue weighted by Gasteiger charge is 2.21. The fraction of sp³-hybridized carbons (Fsp3) is 0.500. The van der Waals surface area contributed by atoms with Crippen LogP contribution in [0, 0.1) is 5.41 Å². The molecule has 1 aliphatic rings. The Morgan fingerprint density at radius 1 is 1.05 bits per heavy atom. The lowest BCUT2D eigenvalue weighted by Gasteiger charge is -2.26. The molecule has 1 heterocycles. The van der Waals surface area contributed by atoms with E-state index in [0.29, 0.717) is 49.9 Å². The molecule has 0 atom stereocenters. The number of ether oxygens (including phenoxy) is 1. The smallest absolute Gasteiger partial charge is 0.323 e. The molecule has 44 heavy (non-hydrogen) atoms. The molecule has 2 aromatic carbocycles. The first kappa shape index (κ1) is 35.0. The first-order chi connectivity index (χ1) is 20.9. The van der Waals surface area contributed by atoms with Crippen molar-refractivity contribution in [3.63, 3.8) is 0 Å². The summed E-state index contributed by atoms with van der Waals surface area (Å²) in [5, 5.41) is 19.4. The van der Waals surface area contributed by atoms with Gasteiger partial charge in [-0.2, -0.15) is 5.10 Å². The monoisotopic (exact) mass is 628 g/mol. The summed E-state index contributed by atoms with van der Waals surface area (Å²) >= 11 is 0. The molecule has 2 aromatic rings. The van der Waals surface area contributed by atoms with Crippen molar-refractivity contribution in [3.05, 3.63) is 65.9 Å². The number of carbonyl (C=O) groups is 1. The number of aliphatic hydroxyl groups excluding tert-OH is 1. The molecular weight excluding hydrogens is 580 g/mol. The summed E-state index contributed by atoms with van der Waals surface area (Å²) in [6.45, 7) is 14.7. The zero-order valence-electron chi connectivity index (χ0n) is 26.6. The Hall–Kier alpha value is -3.45. The lowest BCUT2D eigenvalue weighted by atomic mass is 9.89. The predicted molar refractivity (Wildman–Crippen MR) is 178 cm³/mol. The number of anilines is 2. The number of sulfone groups is 1. The molecule has 2 amide bonds. The third-order valence-corrected chi connectivity index (χ3v) is 8.80. The van der Waals surface area contributed by atoms with E-state index in [1.54, 1.807) is 12.1 Å². The Labute approximate surface area is 262 Å². The molecule has 3 rings (SSSR count). The van der Waals surface area contributed by atoms with Crippen LogP contribution in [0.25, 0.3) is 0 Å². The van der Waals surface area contributed by atoms with Gasteiger partial charge in [-0.1, -0.05) is 39.8 Å². The van der Waals surface area contributed by atoms with E-state index in [1.165, 1.54) is 0 Å². The van der Waals surface area contributed by atoms with E-state index in [-0.39, 0.29) is 29.6 Å². The van der Waals surface area contributed by atoms with E-state index >= 15 is 0 Å². The highest BCUT2D eigenvalue weighted by molar-refractivity contribution is 7.91. The molecule has 0 bridgehead atoms. The van der Waals surface area contributed by atoms with Crippen LogP contribution in [0.5, 0.6) is 5.75 Å². The summed E-state index contributed by atoms with van der Waals surface area (Å²) in [7, 11) is -2.89. The van der Waals surface area contributed by atoms with E-state index in [0.717, 1.165) is 30.1 Å². The number of amides is 2. The number of benzene rings is 2. The Bertz CT molecular complexity index is 1360. The minimum absolute atomic E-state index is 0.125. The zero-order valence-corrected chi connectivity index (χ0v) is 27.4. The third kappa shape index (κ3) is 12.3. The quantitative estimate of drug-likeness (QED) is 0.181. The number of likely N-dealkylation sites (N-methyl/N-ethyl adjacent to an activating group) is 1. The van der Waals surface area contributed by atoms with Crippen LogP contribution in [0.15, 0.2) is 65.4 Å². The normalized spacial score (nSPS) is 16.1. The van der Waals surface area contributed by atoms with Crippen molar-refractivity contribution in [2.45, 2.75) is 41.2 Å². The Balaban J connectivity index is 1.51. The molecule has 0 unspecified atom stereocenters. The number of carbonyl (C=O) groups excluding carboxylic acids is 1. The van der Waals surface area contributed by atoms with Crippen LogP contribution in [0.1, 0.15) is 40.2 Å². The molecule has 0 aromatic heterocycles. The SMILES string of the molecule is CCN(CCO)CCOc1ccc(NC(=O)N/C(C)=C/C(=N\Nc2ccc(CN3CCS(=O)(=O)CC3)cc2)C(C)(C)C)cc1. The van der Waals surface area contributed by atoms with Crippen molar-refractivity contribution >= 4 is 33.0 Å². The minimum atomic E-state index is -2.89. The third-order valence-electron chi connectivity index (χ3n) is 7.19. The zero-order chi connectivity index (χ0) is 32.2. The van der Waals surface area contributed by atoms with Gasteiger partial charge in [0, 0.05) is 49.5 Å². The number of nitrogens with zero attached hydrogens (tertiary/aromatic N) is 3. The molecule has 4 N–H and O–H groups in total. The number of hydrogen-bond acceptors (Lipinski definition) is 9. The summed E-state index contributed by atoms with van der Waals surface area (Å²) in [6, 6.07) is 14.8. The van der Waals surface area contributed by atoms with E-state index in [4.69, 9.17) is 9.84 Å². The Morgan fingerprint density at radius 3 is 2.27 bits per heavy atom. The van der Waals surface area contributed by atoms with Crippen molar-refractivity contribution in [1.82, 2.24) is 15.1 Å². The van der Waals surface area contributed by atoms with Crippen molar-refractivity contribution in [3.8, 4) is 5.75 Å². The Kier molecular flexibility index (Phi) is 13.2. The second-order valence-corrected chi connectivity index (χ2v) is 14.2. The van der Waals surface area contributed by atoms with Crippen LogP contribution < -0.4 is 20.8 Å². The van der Waals surface area contributed by atoms with Crippen LogP contribution >= 0.6 is 0 Å². The molecular formula is C32H48N6O5S. The van der Waals surface area contributed by atoms with E-state index in [9.17, 15) is 13.2 Å². The number of allylic oxidation sites excluding steroid dienone is 2. The standard InChI is InChI=1S/C32H48N6O5S/c1-6-37(15-19-39)16-20-43-29-13-11-27(12-14-29)34-31(40)33-25(2)23-30(32(3,4)5)36-35-28-9-7-26(8-10-28)24-38-17-21-44(41,42)22-18-38/h7-14,23,35,39H,6,15-22,24H2,1-5H3,(H2,33,34,40)/b25-23+,36-30+. The largest absolute Gasteiger partial charge is 0.492 e. The van der Waals surface area contributed by atoms with Gasteiger partial charge in [0.05, 0.1) is 29.5 Å². The number of aliphatic hydroxyl groups is 1. The second kappa shape index (κ2) is 16.6. The van der Waals surface area contributed by atoms with Crippen molar-refractivity contribution in [2.24, 2.45) is 10.5 Å². The highest BCUT2D eigenvalue weighted by Crippen LogP contribution is 2.20. The van der Waals surface area contributed by atoms with Crippen LogP contribution in [0.2, 0.25) is 0 Å². The number of urea groups is 1. The number of hydrazone groups is 1.